The molecule has 1 fully saturated rings. The zero-order valence-corrected chi connectivity index (χ0v) is 13.0. The number of thiazole rings is 1. The van der Waals surface area contributed by atoms with Crippen molar-refractivity contribution < 1.29 is 9.53 Å². The van der Waals surface area contributed by atoms with Crippen molar-refractivity contribution in [1.82, 2.24) is 4.98 Å². The van der Waals surface area contributed by atoms with Gasteiger partial charge >= 0.3 is 6.03 Å². The topological polar surface area (TPSA) is 89.3 Å². The summed E-state index contributed by atoms with van der Waals surface area (Å²) in [4.78, 5) is 15.4. The Morgan fingerprint density at radius 2 is 2.09 bits per heavy atom. The lowest BCUT2D eigenvalue weighted by Gasteiger charge is -2.34. The number of primary amides is 1. The van der Waals surface area contributed by atoms with Gasteiger partial charge in [-0.05, 0) is 25.0 Å². The van der Waals surface area contributed by atoms with Gasteiger partial charge in [0, 0.05) is 29.8 Å². The van der Waals surface area contributed by atoms with Crippen molar-refractivity contribution in [3.05, 3.63) is 29.6 Å². The minimum absolute atomic E-state index is 0.377. The number of carbonyl (C=O) groups excluding carboxylic acids is 1. The third-order valence-electron chi connectivity index (χ3n) is 3.71. The zero-order valence-electron chi connectivity index (χ0n) is 12.2. The Bertz CT molecular complexity index is 650. The molecule has 0 radical (unpaired) electrons. The molecule has 22 heavy (non-hydrogen) atoms. The summed E-state index contributed by atoms with van der Waals surface area (Å²) >= 11 is 1.59. The van der Waals surface area contributed by atoms with Crippen molar-refractivity contribution in [1.29, 1.82) is 0 Å². The third-order valence-corrected chi connectivity index (χ3v) is 4.48. The molecule has 1 aromatic heterocycles. The number of nitrogens with zero attached hydrogens (tertiary/aromatic N) is 1. The van der Waals surface area contributed by atoms with Gasteiger partial charge in [-0.3, -0.25) is 0 Å². The van der Waals surface area contributed by atoms with Crippen LogP contribution in [0.25, 0.3) is 11.3 Å². The van der Waals surface area contributed by atoms with Gasteiger partial charge in [0.05, 0.1) is 11.8 Å². The second-order valence-corrected chi connectivity index (χ2v) is 6.13. The fourth-order valence-electron chi connectivity index (χ4n) is 2.39. The van der Waals surface area contributed by atoms with Crippen molar-refractivity contribution in [3.8, 4) is 11.3 Å². The number of benzene rings is 1. The molecule has 3 rings (SSSR count). The van der Waals surface area contributed by atoms with E-state index in [0.717, 1.165) is 29.2 Å². The largest absolute Gasteiger partial charge is 0.381 e. The minimum Gasteiger partial charge on any atom is -0.381 e. The summed E-state index contributed by atoms with van der Waals surface area (Å²) < 4.78 is 5.27. The lowest BCUT2D eigenvalue weighted by atomic mass is 9.89. The normalized spacial score (nSPS) is 20.2. The fraction of sp³-hybridized carbons (Fsp3) is 0.333. The summed E-state index contributed by atoms with van der Waals surface area (Å²) in [7, 11) is 1.75. The van der Waals surface area contributed by atoms with Crippen LogP contribution in [0.4, 0.5) is 15.6 Å². The zero-order chi connectivity index (χ0) is 15.5. The van der Waals surface area contributed by atoms with E-state index in [0.29, 0.717) is 17.8 Å². The summed E-state index contributed by atoms with van der Waals surface area (Å²) in [6.45, 7) is 0. The predicted octanol–water partition coefficient (Wildman–Crippen LogP) is 2.89. The Balaban J connectivity index is 1.62. The molecule has 116 valence electrons. The molecule has 0 atom stereocenters. The molecular formula is C15H18N4O2S. The van der Waals surface area contributed by atoms with Crippen LogP contribution in [0.1, 0.15) is 12.8 Å². The number of nitrogens with one attached hydrogen (secondary N) is 2. The van der Waals surface area contributed by atoms with Crippen LogP contribution < -0.4 is 16.4 Å². The highest BCUT2D eigenvalue weighted by molar-refractivity contribution is 7.14. The highest BCUT2D eigenvalue weighted by atomic mass is 32.1. The number of nitrogens with two attached hydrogens (primary N) is 1. The Hall–Kier alpha value is -2.12. The Kier molecular flexibility index (Phi) is 4.26. The number of amides is 2. The first-order valence-corrected chi connectivity index (χ1v) is 7.94. The van der Waals surface area contributed by atoms with E-state index < -0.39 is 6.03 Å². The molecule has 1 aliphatic carbocycles. The number of ether oxygens (including phenoxy) is 1. The Morgan fingerprint density at radius 1 is 1.36 bits per heavy atom. The van der Waals surface area contributed by atoms with Crippen LogP contribution in [0.2, 0.25) is 0 Å². The molecule has 4 N–H and O–H groups in total. The molecule has 0 saturated heterocycles. The second kappa shape index (κ2) is 6.33. The molecule has 0 aliphatic heterocycles. The summed E-state index contributed by atoms with van der Waals surface area (Å²) in [5.41, 5.74) is 7.67. The van der Waals surface area contributed by atoms with Crippen LogP contribution >= 0.6 is 11.3 Å². The first-order chi connectivity index (χ1) is 10.6. The minimum atomic E-state index is -0.567. The smallest absolute Gasteiger partial charge is 0.316 e. The Labute approximate surface area is 132 Å². The average molecular weight is 318 g/mol. The molecule has 1 aliphatic rings. The highest BCUT2D eigenvalue weighted by Gasteiger charge is 2.29. The van der Waals surface area contributed by atoms with Gasteiger partial charge < -0.3 is 21.1 Å². The van der Waals surface area contributed by atoms with Gasteiger partial charge in [-0.1, -0.05) is 12.1 Å². The van der Waals surface area contributed by atoms with Crippen molar-refractivity contribution in [2.45, 2.75) is 25.0 Å². The van der Waals surface area contributed by atoms with E-state index in [4.69, 9.17) is 10.5 Å². The quantitative estimate of drug-likeness (QED) is 0.791. The molecule has 1 aromatic carbocycles. The Morgan fingerprint density at radius 3 is 2.73 bits per heavy atom. The van der Waals surface area contributed by atoms with Gasteiger partial charge in [-0.2, -0.15) is 0 Å². The summed E-state index contributed by atoms with van der Waals surface area (Å²) in [6, 6.07) is 7.32. The first-order valence-electron chi connectivity index (χ1n) is 7.06. The lowest BCUT2D eigenvalue weighted by molar-refractivity contribution is 0.0329. The van der Waals surface area contributed by atoms with Crippen molar-refractivity contribution >= 4 is 28.2 Å². The van der Waals surface area contributed by atoms with Crippen molar-refractivity contribution in [3.63, 3.8) is 0 Å². The van der Waals surface area contributed by atoms with Gasteiger partial charge in [0.15, 0.2) is 5.13 Å². The van der Waals surface area contributed by atoms with Gasteiger partial charge in [0.1, 0.15) is 0 Å². The number of hydrogen-bond acceptors (Lipinski definition) is 5. The van der Waals surface area contributed by atoms with E-state index in [-0.39, 0.29) is 0 Å². The van der Waals surface area contributed by atoms with E-state index >= 15 is 0 Å². The summed E-state index contributed by atoms with van der Waals surface area (Å²) in [6.07, 6.45) is 2.43. The van der Waals surface area contributed by atoms with E-state index in [9.17, 15) is 4.79 Å². The molecule has 2 aromatic rings. The van der Waals surface area contributed by atoms with Crippen LogP contribution in [0.5, 0.6) is 0 Å². The first kappa shape index (κ1) is 14.8. The number of carbonyl (C=O) groups is 1. The fourth-order valence-corrected chi connectivity index (χ4v) is 3.19. The van der Waals surface area contributed by atoms with Crippen molar-refractivity contribution in [2.75, 3.05) is 17.7 Å². The van der Waals surface area contributed by atoms with E-state index in [1.165, 1.54) is 0 Å². The lowest BCUT2D eigenvalue weighted by Crippen LogP contribution is -2.40. The number of urea groups is 1. The number of rotatable bonds is 5. The molecule has 1 heterocycles. The molecule has 0 bridgehead atoms. The molecule has 7 heteroatoms. The van der Waals surface area contributed by atoms with Gasteiger partial charge in [0.2, 0.25) is 0 Å². The third kappa shape index (κ3) is 3.37. The van der Waals surface area contributed by atoms with Crippen LogP contribution in [0.15, 0.2) is 29.6 Å². The molecule has 0 unspecified atom stereocenters. The van der Waals surface area contributed by atoms with E-state index in [1.807, 2.05) is 29.6 Å². The second-order valence-electron chi connectivity index (χ2n) is 5.27. The number of aromatic nitrogens is 1. The standard InChI is InChI=1S/C15H18N4O2S/c1-21-12-6-11(7-12)18-15-19-13(8-22-15)9-2-4-10(5-3-9)17-14(16)20/h2-5,8,11-12H,6-7H2,1H3,(H,18,19)(H3,16,17,20). The van der Waals surface area contributed by atoms with Gasteiger partial charge in [-0.25, -0.2) is 9.78 Å². The predicted molar refractivity (Wildman–Crippen MR) is 88.2 cm³/mol. The number of anilines is 2. The van der Waals surface area contributed by atoms with Crippen LogP contribution in [0.3, 0.4) is 0 Å². The van der Waals surface area contributed by atoms with E-state index in [1.54, 1.807) is 18.4 Å². The SMILES string of the molecule is COC1CC(Nc2nc(-c3ccc(NC(N)=O)cc3)cs2)C1. The average Bonchev–Trinajstić information content (AvgIpc) is 2.91. The van der Waals surface area contributed by atoms with Crippen LogP contribution in [-0.2, 0) is 4.74 Å². The van der Waals surface area contributed by atoms with E-state index in [2.05, 4.69) is 15.6 Å². The number of hydrogen-bond donors (Lipinski definition) is 3. The van der Waals surface area contributed by atoms with Crippen LogP contribution in [-0.4, -0.2) is 30.3 Å². The highest BCUT2D eigenvalue weighted by Crippen LogP contribution is 2.30. The molecule has 2 amide bonds. The van der Waals surface area contributed by atoms with Gasteiger partial charge in [-0.15, -0.1) is 11.3 Å². The molecule has 6 nitrogen and oxygen atoms in total. The molecule has 1 saturated carbocycles. The van der Waals surface area contributed by atoms with Crippen LogP contribution in [0, 0.1) is 0 Å². The monoisotopic (exact) mass is 318 g/mol. The molecule has 0 spiro atoms. The summed E-state index contributed by atoms with van der Waals surface area (Å²) in [5.74, 6) is 0. The maximum atomic E-state index is 10.8. The van der Waals surface area contributed by atoms with Crippen molar-refractivity contribution in [2.24, 2.45) is 5.73 Å². The maximum absolute atomic E-state index is 10.8. The molecular weight excluding hydrogens is 300 g/mol. The van der Waals surface area contributed by atoms with Gasteiger partial charge in [0.25, 0.3) is 0 Å². The summed E-state index contributed by atoms with van der Waals surface area (Å²) in [5, 5.41) is 8.90. The number of methoxy groups -OCH3 is 1. The maximum Gasteiger partial charge on any atom is 0.316 e.